The number of pyridine rings is 1. The number of carbonyl (C=O) groups excluding carboxylic acids is 1. The van der Waals surface area contributed by atoms with Gasteiger partial charge in [-0.1, -0.05) is 24.4 Å². The van der Waals surface area contributed by atoms with Crippen molar-refractivity contribution in [1.29, 1.82) is 0 Å². The summed E-state index contributed by atoms with van der Waals surface area (Å²) in [5.74, 6) is 0.538. The lowest BCUT2D eigenvalue weighted by atomic mass is 9.84. The van der Waals surface area contributed by atoms with Crippen LogP contribution in [0, 0.1) is 5.92 Å². The minimum absolute atomic E-state index is 0.0286. The molecule has 2 unspecified atom stereocenters. The third-order valence-corrected chi connectivity index (χ3v) is 5.53. The van der Waals surface area contributed by atoms with E-state index in [4.69, 9.17) is 17.6 Å². The Kier molecular flexibility index (Phi) is 4.24. The van der Waals surface area contributed by atoms with Crippen molar-refractivity contribution in [2.24, 2.45) is 5.92 Å². The molecule has 0 N–H and O–H groups in total. The summed E-state index contributed by atoms with van der Waals surface area (Å²) >= 11 is 0. The molecule has 2 aliphatic rings. The van der Waals surface area contributed by atoms with Crippen molar-refractivity contribution in [2.45, 2.75) is 70.6 Å². The summed E-state index contributed by atoms with van der Waals surface area (Å²) in [4.78, 5) is 19.8. The summed E-state index contributed by atoms with van der Waals surface area (Å²) in [6.07, 6.45) is 9.28. The lowest BCUT2D eigenvalue weighted by Crippen LogP contribution is -2.43. The summed E-state index contributed by atoms with van der Waals surface area (Å²) in [5, 5.41) is 0. The Morgan fingerprint density at radius 3 is 2.77 bits per heavy atom. The Bertz CT molecular complexity index is 826. The van der Waals surface area contributed by atoms with Crippen LogP contribution in [0.15, 0.2) is 24.5 Å². The van der Waals surface area contributed by atoms with Crippen molar-refractivity contribution in [1.82, 2.24) is 14.3 Å². The molecule has 3 heterocycles. The summed E-state index contributed by atoms with van der Waals surface area (Å²) < 4.78 is 7.69. The molecule has 5 nitrogen and oxygen atoms in total. The van der Waals surface area contributed by atoms with Crippen LogP contribution in [0.25, 0.3) is 5.65 Å². The van der Waals surface area contributed by atoms with Gasteiger partial charge in [0, 0.05) is 18.4 Å². The Balaban J connectivity index is 1.70. The average Bonchev–Trinajstić information content (AvgIpc) is 3.13. The second-order valence-electron chi connectivity index (χ2n) is 8.64. The maximum absolute atomic E-state index is 13.0. The number of amides is 1. The molecule has 1 aliphatic heterocycles. The summed E-state index contributed by atoms with van der Waals surface area (Å²) in [6.45, 7) is 5.76. The fourth-order valence-electron chi connectivity index (χ4n) is 4.49. The molecule has 3 atom stereocenters. The molecule has 0 bridgehead atoms. The highest BCUT2D eigenvalue weighted by atomic mass is 16.6. The quantitative estimate of drug-likeness (QED) is 0.740. The van der Waals surface area contributed by atoms with Gasteiger partial charge in [-0.05, 0) is 52.0 Å². The van der Waals surface area contributed by atoms with Gasteiger partial charge >= 0.3 is 6.09 Å². The van der Waals surface area contributed by atoms with Gasteiger partial charge in [-0.25, -0.2) is 9.78 Å². The molecule has 2 aromatic heterocycles. The molecule has 2 fully saturated rings. The molecule has 136 valence electrons. The minimum atomic E-state index is -0.498. The van der Waals surface area contributed by atoms with Crippen molar-refractivity contribution in [3.63, 3.8) is 0 Å². The first-order chi connectivity index (χ1) is 12.3. The maximum Gasteiger partial charge on any atom is 0.411 e. The lowest BCUT2D eigenvalue weighted by molar-refractivity contribution is 0.00985. The first-order valence-corrected chi connectivity index (χ1v) is 9.57. The number of likely N-dealkylation sites (tertiary alicyclic amines) is 1. The predicted octanol–water partition coefficient (Wildman–Crippen LogP) is 3.37. The molecule has 1 amide bonds. The number of fused-ring (bicyclic) bond motifs is 2. The highest BCUT2D eigenvalue weighted by Gasteiger charge is 2.47. The van der Waals surface area contributed by atoms with E-state index in [2.05, 4.69) is 0 Å². The molecule has 1 saturated carbocycles. The molecular weight excluding hydrogens is 325 g/mol. The van der Waals surface area contributed by atoms with E-state index in [0.717, 1.165) is 24.2 Å². The predicted molar refractivity (Wildman–Crippen MR) is 102 cm³/mol. The molecule has 1 aliphatic carbocycles. The van der Waals surface area contributed by atoms with Crippen LogP contribution in [0.1, 0.15) is 64.6 Å². The van der Waals surface area contributed by atoms with Crippen LogP contribution in [0.5, 0.6) is 0 Å². The number of ether oxygens (including phenoxy) is 1. The zero-order chi connectivity index (χ0) is 18.5. The molecule has 0 aromatic carbocycles. The molecule has 2 radical (unpaired) electrons. The van der Waals surface area contributed by atoms with E-state index in [1.807, 2.05) is 54.6 Å². The summed E-state index contributed by atoms with van der Waals surface area (Å²) in [5.41, 5.74) is 1.98. The third-order valence-electron chi connectivity index (χ3n) is 5.53. The number of hydrogen-bond acceptors (Lipinski definition) is 3. The topological polar surface area (TPSA) is 46.8 Å². The third kappa shape index (κ3) is 3.22. The number of aromatic nitrogens is 2. The monoisotopic (exact) mass is 351 g/mol. The zero-order valence-electron chi connectivity index (χ0n) is 15.8. The van der Waals surface area contributed by atoms with Gasteiger partial charge in [-0.15, -0.1) is 0 Å². The van der Waals surface area contributed by atoms with Gasteiger partial charge in [-0.2, -0.15) is 0 Å². The van der Waals surface area contributed by atoms with Crippen molar-refractivity contribution in [3.8, 4) is 0 Å². The van der Waals surface area contributed by atoms with Gasteiger partial charge in [-0.3, -0.25) is 4.90 Å². The van der Waals surface area contributed by atoms with Gasteiger partial charge in [0.25, 0.3) is 0 Å². The second-order valence-corrected chi connectivity index (χ2v) is 8.64. The molecule has 0 spiro atoms. The maximum atomic E-state index is 13.0. The van der Waals surface area contributed by atoms with Gasteiger partial charge in [0.15, 0.2) is 0 Å². The smallest absolute Gasteiger partial charge is 0.411 e. The molecular formula is C20H26BN3O2. The zero-order valence-corrected chi connectivity index (χ0v) is 15.8. The fourth-order valence-corrected chi connectivity index (χ4v) is 4.49. The molecule has 26 heavy (non-hydrogen) atoms. The van der Waals surface area contributed by atoms with Crippen molar-refractivity contribution >= 4 is 25.0 Å². The van der Waals surface area contributed by atoms with Gasteiger partial charge < -0.3 is 9.14 Å². The van der Waals surface area contributed by atoms with Crippen molar-refractivity contribution < 1.29 is 9.53 Å². The number of carbonyl (C=O) groups is 1. The van der Waals surface area contributed by atoms with Crippen molar-refractivity contribution in [3.05, 3.63) is 30.2 Å². The first-order valence-electron chi connectivity index (χ1n) is 9.57. The Morgan fingerprint density at radius 2 is 2.00 bits per heavy atom. The van der Waals surface area contributed by atoms with Crippen LogP contribution < -0.4 is 5.46 Å². The molecule has 1 saturated heterocycles. The summed E-state index contributed by atoms with van der Waals surface area (Å²) in [6, 6.07) is 4.00. The van der Waals surface area contributed by atoms with E-state index in [-0.39, 0.29) is 18.2 Å². The van der Waals surface area contributed by atoms with Crippen LogP contribution in [-0.2, 0) is 4.74 Å². The Morgan fingerprint density at radius 1 is 1.23 bits per heavy atom. The Labute approximate surface area is 156 Å². The van der Waals surface area contributed by atoms with Crippen LogP contribution >= 0.6 is 0 Å². The number of rotatable bonds is 1. The standard InChI is InChI=1S/C20H26BN3O2/c1-20(2,3)26-19(25)24-16-7-5-4-6-13(16)10-17(24)15-12-23-11-14(21)8-9-18(23)22-15/h8-9,11-13,16-17H,4-7,10H2,1-3H3/t13?,16?,17-/m1/s1. The Hall–Kier alpha value is -1.98. The van der Waals surface area contributed by atoms with Gasteiger partial charge in [0.1, 0.15) is 19.1 Å². The van der Waals surface area contributed by atoms with Crippen molar-refractivity contribution in [2.75, 3.05) is 0 Å². The van der Waals surface area contributed by atoms with E-state index < -0.39 is 5.60 Å². The number of nitrogens with zero attached hydrogens (tertiary/aromatic N) is 3. The first kappa shape index (κ1) is 17.4. The van der Waals surface area contributed by atoms with Crippen LogP contribution in [0.2, 0.25) is 0 Å². The van der Waals surface area contributed by atoms with Crippen LogP contribution in [0.3, 0.4) is 0 Å². The largest absolute Gasteiger partial charge is 0.444 e. The van der Waals surface area contributed by atoms with E-state index in [9.17, 15) is 4.79 Å². The number of imidazole rings is 1. The fraction of sp³-hybridized carbons (Fsp3) is 0.600. The van der Waals surface area contributed by atoms with Crippen LogP contribution in [-0.4, -0.2) is 39.9 Å². The van der Waals surface area contributed by atoms with E-state index in [1.165, 1.54) is 19.3 Å². The van der Waals surface area contributed by atoms with Gasteiger partial charge in [0.05, 0.1) is 11.7 Å². The van der Waals surface area contributed by atoms with Crippen LogP contribution in [0.4, 0.5) is 4.79 Å². The molecule has 6 heteroatoms. The van der Waals surface area contributed by atoms with E-state index in [1.54, 1.807) is 0 Å². The SMILES string of the molecule is [B]c1ccc2nc([C@H]3CC4CCCCC4N3C(=O)OC(C)(C)C)cn2c1. The highest BCUT2D eigenvalue weighted by Crippen LogP contribution is 2.46. The van der Waals surface area contributed by atoms with E-state index in [0.29, 0.717) is 11.4 Å². The number of hydrogen-bond donors (Lipinski definition) is 0. The molecule has 2 aromatic rings. The second kappa shape index (κ2) is 6.32. The average molecular weight is 351 g/mol. The highest BCUT2D eigenvalue weighted by molar-refractivity contribution is 6.32. The summed E-state index contributed by atoms with van der Waals surface area (Å²) in [7, 11) is 5.89. The lowest BCUT2D eigenvalue weighted by Gasteiger charge is -2.34. The molecule has 4 rings (SSSR count). The minimum Gasteiger partial charge on any atom is -0.444 e. The normalized spacial score (nSPS) is 26.1. The van der Waals surface area contributed by atoms with Gasteiger partial charge in [0.2, 0.25) is 0 Å². The van der Waals surface area contributed by atoms with E-state index >= 15 is 0 Å².